The zero-order valence-electron chi connectivity index (χ0n) is 13.8. The van der Waals surface area contributed by atoms with Crippen LogP contribution in [-0.2, 0) is 12.8 Å². The molecule has 0 saturated carbocycles. The van der Waals surface area contributed by atoms with Crippen LogP contribution >= 0.6 is 11.8 Å². The molecule has 0 fully saturated rings. The van der Waals surface area contributed by atoms with Crippen molar-refractivity contribution in [3.63, 3.8) is 0 Å². The van der Waals surface area contributed by atoms with E-state index in [-0.39, 0.29) is 0 Å². The molecule has 0 bridgehead atoms. The van der Waals surface area contributed by atoms with E-state index in [0.29, 0.717) is 0 Å². The fourth-order valence-electron chi connectivity index (χ4n) is 3.11. The van der Waals surface area contributed by atoms with Crippen molar-refractivity contribution in [3.8, 4) is 5.69 Å². The minimum absolute atomic E-state index is 1.05. The molecule has 0 radical (unpaired) electrons. The van der Waals surface area contributed by atoms with Crippen LogP contribution in [0.5, 0.6) is 0 Å². The highest BCUT2D eigenvalue weighted by molar-refractivity contribution is 7.98. The van der Waals surface area contributed by atoms with Gasteiger partial charge in [0, 0.05) is 18.5 Å². The van der Waals surface area contributed by atoms with Crippen molar-refractivity contribution in [2.45, 2.75) is 39.5 Å². The van der Waals surface area contributed by atoms with Gasteiger partial charge < -0.3 is 5.32 Å². The number of aryl methyl sites for hydroxylation is 2. The van der Waals surface area contributed by atoms with Crippen LogP contribution in [-0.4, -0.2) is 28.3 Å². The summed E-state index contributed by atoms with van der Waals surface area (Å²) in [4.78, 5) is 0. The number of benzene rings is 1. The number of hydrogen-bond donors (Lipinski definition) is 1. The minimum Gasteiger partial charge on any atom is -0.370 e. The normalized spacial score (nSPS) is 14.3. The summed E-state index contributed by atoms with van der Waals surface area (Å²) in [5.74, 6) is 2.36. The van der Waals surface area contributed by atoms with Crippen molar-refractivity contribution < 1.29 is 0 Å². The molecule has 1 aliphatic heterocycles. The van der Waals surface area contributed by atoms with Gasteiger partial charge in [-0.15, -0.1) is 0 Å². The van der Waals surface area contributed by atoms with Gasteiger partial charge in [0.05, 0.1) is 11.4 Å². The van der Waals surface area contributed by atoms with Gasteiger partial charge in [0.25, 0.3) is 0 Å². The van der Waals surface area contributed by atoms with E-state index in [9.17, 15) is 0 Å². The van der Waals surface area contributed by atoms with Gasteiger partial charge in [0.15, 0.2) is 0 Å². The second kappa shape index (κ2) is 6.78. The minimum atomic E-state index is 1.05. The molecule has 22 heavy (non-hydrogen) atoms. The Hall–Kier alpha value is -1.42. The van der Waals surface area contributed by atoms with Gasteiger partial charge in [-0.05, 0) is 62.3 Å². The zero-order chi connectivity index (χ0) is 15.5. The van der Waals surface area contributed by atoms with E-state index >= 15 is 0 Å². The number of anilines is 1. The van der Waals surface area contributed by atoms with E-state index in [1.807, 2.05) is 11.8 Å². The molecule has 118 valence electrons. The Labute approximate surface area is 137 Å². The molecule has 3 nitrogen and oxygen atoms in total. The van der Waals surface area contributed by atoms with E-state index in [1.54, 1.807) is 0 Å². The molecular formula is C18H25N3S. The molecule has 0 aliphatic carbocycles. The number of fused-ring (bicyclic) bond motifs is 1. The largest absolute Gasteiger partial charge is 0.370 e. The van der Waals surface area contributed by atoms with E-state index < -0.39 is 0 Å². The van der Waals surface area contributed by atoms with Crippen LogP contribution in [0.1, 0.15) is 35.2 Å². The molecule has 1 N–H and O–H groups in total. The summed E-state index contributed by atoms with van der Waals surface area (Å²) in [6.07, 6.45) is 6.87. The second-order valence-electron chi connectivity index (χ2n) is 6.03. The maximum atomic E-state index is 4.98. The summed E-state index contributed by atoms with van der Waals surface area (Å²) in [6, 6.07) is 6.48. The topological polar surface area (TPSA) is 29.9 Å². The summed E-state index contributed by atoms with van der Waals surface area (Å²) >= 11 is 1.89. The van der Waals surface area contributed by atoms with Crippen molar-refractivity contribution in [1.82, 2.24) is 9.78 Å². The summed E-state index contributed by atoms with van der Waals surface area (Å²) in [6.45, 7) is 5.41. The number of nitrogens with zero attached hydrogens (tertiary/aromatic N) is 2. The van der Waals surface area contributed by atoms with Crippen molar-refractivity contribution >= 4 is 17.6 Å². The summed E-state index contributed by atoms with van der Waals surface area (Å²) in [5, 5.41) is 8.61. The number of thioether (sulfide) groups is 1. The number of rotatable bonds is 4. The molecule has 2 aromatic rings. The summed E-state index contributed by atoms with van der Waals surface area (Å²) in [7, 11) is 0. The molecule has 0 atom stereocenters. The van der Waals surface area contributed by atoms with E-state index in [4.69, 9.17) is 5.10 Å². The summed E-state index contributed by atoms with van der Waals surface area (Å²) < 4.78 is 2.15. The number of nitrogens with one attached hydrogen (secondary N) is 1. The first-order valence-electron chi connectivity index (χ1n) is 8.12. The molecule has 0 unspecified atom stereocenters. The van der Waals surface area contributed by atoms with Crippen LogP contribution in [0, 0.1) is 13.8 Å². The predicted octanol–water partition coefficient (Wildman–Crippen LogP) is 4.14. The Kier molecular flexibility index (Phi) is 4.77. The van der Waals surface area contributed by atoms with Gasteiger partial charge in [-0.25, -0.2) is 4.68 Å². The van der Waals surface area contributed by atoms with Gasteiger partial charge in [-0.1, -0.05) is 12.1 Å². The lowest BCUT2D eigenvalue weighted by molar-refractivity contribution is 0.765. The molecule has 1 aliphatic rings. The quantitative estimate of drug-likeness (QED) is 0.919. The molecule has 2 heterocycles. The van der Waals surface area contributed by atoms with Crippen LogP contribution in [0.25, 0.3) is 5.69 Å². The van der Waals surface area contributed by atoms with Crippen LogP contribution in [0.15, 0.2) is 18.2 Å². The molecule has 0 amide bonds. The van der Waals surface area contributed by atoms with Gasteiger partial charge in [-0.3, -0.25) is 0 Å². The van der Waals surface area contributed by atoms with E-state index in [1.165, 1.54) is 46.7 Å². The lowest BCUT2D eigenvalue weighted by atomic mass is 10.1. The van der Waals surface area contributed by atoms with Crippen molar-refractivity contribution in [2.75, 3.05) is 23.9 Å². The zero-order valence-corrected chi connectivity index (χ0v) is 14.6. The molecule has 1 aromatic heterocycles. The highest BCUT2D eigenvalue weighted by atomic mass is 32.2. The van der Waals surface area contributed by atoms with E-state index in [2.05, 4.69) is 48.3 Å². The highest BCUT2D eigenvalue weighted by Crippen LogP contribution is 2.30. The SMILES string of the molecule is CSCCc1nn(-c2cccc(C)c2C)c2c1CCCCN2. The van der Waals surface area contributed by atoms with Crippen molar-refractivity contribution in [3.05, 3.63) is 40.6 Å². The standard InChI is InChI=1S/C18H25N3S/c1-13-7-6-9-17(14(13)2)21-18-15(8-4-5-11-19-18)16(20-21)10-12-22-3/h6-7,9,19H,4-5,8,10-12H2,1-3H3. The van der Waals surface area contributed by atoms with Crippen LogP contribution in [0.4, 0.5) is 5.82 Å². The number of aromatic nitrogens is 2. The smallest absolute Gasteiger partial charge is 0.133 e. The Morgan fingerprint density at radius 3 is 2.95 bits per heavy atom. The third kappa shape index (κ3) is 2.89. The predicted molar refractivity (Wildman–Crippen MR) is 96.6 cm³/mol. The molecule has 0 saturated heterocycles. The Morgan fingerprint density at radius 2 is 2.14 bits per heavy atom. The van der Waals surface area contributed by atoms with Gasteiger partial charge in [-0.2, -0.15) is 16.9 Å². The van der Waals surface area contributed by atoms with Crippen LogP contribution in [0.2, 0.25) is 0 Å². The lowest BCUT2D eigenvalue weighted by Crippen LogP contribution is -2.08. The molecule has 3 rings (SSSR count). The van der Waals surface area contributed by atoms with Gasteiger partial charge in [0.1, 0.15) is 5.82 Å². The van der Waals surface area contributed by atoms with Crippen LogP contribution in [0.3, 0.4) is 0 Å². The lowest BCUT2D eigenvalue weighted by Gasteiger charge is -2.13. The summed E-state index contributed by atoms with van der Waals surface area (Å²) in [5.41, 5.74) is 6.56. The first kappa shape index (κ1) is 15.5. The third-order valence-electron chi connectivity index (χ3n) is 4.56. The first-order valence-corrected chi connectivity index (χ1v) is 9.52. The maximum Gasteiger partial charge on any atom is 0.133 e. The Bertz CT molecular complexity index is 661. The maximum absolute atomic E-state index is 4.98. The average Bonchev–Trinajstić information content (AvgIpc) is 2.70. The number of hydrogen-bond acceptors (Lipinski definition) is 3. The van der Waals surface area contributed by atoms with Crippen LogP contribution < -0.4 is 5.32 Å². The third-order valence-corrected chi connectivity index (χ3v) is 5.17. The first-order chi connectivity index (χ1) is 10.7. The fourth-order valence-corrected chi connectivity index (χ4v) is 3.51. The molecule has 0 spiro atoms. The average molecular weight is 315 g/mol. The van der Waals surface area contributed by atoms with E-state index in [0.717, 1.165) is 25.1 Å². The highest BCUT2D eigenvalue weighted by Gasteiger charge is 2.21. The second-order valence-corrected chi connectivity index (χ2v) is 7.02. The Balaban J connectivity index is 2.10. The van der Waals surface area contributed by atoms with Crippen molar-refractivity contribution in [1.29, 1.82) is 0 Å². The van der Waals surface area contributed by atoms with Gasteiger partial charge >= 0.3 is 0 Å². The van der Waals surface area contributed by atoms with Crippen molar-refractivity contribution in [2.24, 2.45) is 0 Å². The fraction of sp³-hybridized carbons (Fsp3) is 0.500. The molecule has 1 aromatic carbocycles. The molecule has 4 heteroatoms. The Morgan fingerprint density at radius 1 is 1.27 bits per heavy atom. The monoisotopic (exact) mass is 315 g/mol. The van der Waals surface area contributed by atoms with Gasteiger partial charge in [0.2, 0.25) is 0 Å². The molecular weight excluding hydrogens is 290 g/mol.